The monoisotopic (exact) mass is 237 g/mol. The Bertz CT molecular complexity index is 335. The third kappa shape index (κ3) is 2.98. The van der Waals surface area contributed by atoms with Crippen LogP contribution in [0.25, 0.3) is 0 Å². The summed E-state index contributed by atoms with van der Waals surface area (Å²) in [5.41, 5.74) is 5.61. The zero-order valence-corrected chi connectivity index (χ0v) is 10.7. The van der Waals surface area contributed by atoms with Crippen LogP contribution < -0.4 is 10.6 Å². The van der Waals surface area contributed by atoms with Gasteiger partial charge in [-0.25, -0.2) is 4.98 Å². The Balaban J connectivity index is 1.99. The van der Waals surface area contributed by atoms with Gasteiger partial charge in [0.15, 0.2) is 0 Å². The normalized spacial score (nSPS) is 18.4. The fourth-order valence-corrected chi connectivity index (χ4v) is 2.41. The molecule has 1 fully saturated rings. The average Bonchev–Trinajstić information content (AvgIpc) is 2.70. The molecule has 2 rings (SSSR count). The third-order valence-corrected chi connectivity index (χ3v) is 3.35. The highest BCUT2D eigenvalue weighted by Crippen LogP contribution is 2.14. The van der Waals surface area contributed by atoms with Gasteiger partial charge < -0.3 is 20.1 Å². The van der Waals surface area contributed by atoms with Crippen LogP contribution in [0.3, 0.4) is 0 Å². The molecule has 0 unspecified atom stereocenters. The van der Waals surface area contributed by atoms with Gasteiger partial charge in [-0.05, 0) is 19.9 Å². The third-order valence-electron chi connectivity index (χ3n) is 3.35. The maximum Gasteiger partial charge on any atom is 0.205 e. The Morgan fingerprint density at radius 1 is 1.29 bits per heavy atom. The minimum absolute atomic E-state index is 0.754. The van der Waals surface area contributed by atoms with Gasteiger partial charge in [-0.3, -0.25) is 0 Å². The second-order valence-corrected chi connectivity index (χ2v) is 4.48. The summed E-state index contributed by atoms with van der Waals surface area (Å²) in [5.74, 6) is 1.11. The molecule has 17 heavy (non-hydrogen) atoms. The number of aryl methyl sites for hydroxylation is 1. The molecule has 0 amide bonds. The molecule has 0 aromatic carbocycles. The summed E-state index contributed by atoms with van der Waals surface area (Å²) in [6, 6.07) is 0. The van der Waals surface area contributed by atoms with Crippen molar-refractivity contribution in [1.82, 2.24) is 14.5 Å². The summed E-state index contributed by atoms with van der Waals surface area (Å²) in [7, 11) is 0. The molecule has 0 aliphatic carbocycles. The summed E-state index contributed by atoms with van der Waals surface area (Å²) >= 11 is 0. The second kappa shape index (κ2) is 6.02. The summed E-state index contributed by atoms with van der Waals surface area (Å²) < 4.78 is 2.21. The zero-order valence-electron chi connectivity index (χ0n) is 10.7. The van der Waals surface area contributed by atoms with Gasteiger partial charge in [0.25, 0.3) is 0 Å². The van der Waals surface area contributed by atoms with Crippen LogP contribution in [0, 0.1) is 0 Å². The lowest BCUT2D eigenvalue weighted by atomic mass is 10.4. The van der Waals surface area contributed by atoms with Crippen molar-refractivity contribution >= 4 is 5.95 Å². The number of hydrogen-bond acceptors (Lipinski definition) is 4. The van der Waals surface area contributed by atoms with Crippen molar-refractivity contribution in [2.75, 3.05) is 44.2 Å². The molecule has 1 aromatic heterocycles. The molecule has 2 heterocycles. The smallest absolute Gasteiger partial charge is 0.205 e. The fraction of sp³-hybridized carbons (Fsp3) is 0.750. The Morgan fingerprint density at radius 2 is 2.18 bits per heavy atom. The number of hydrogen-bond donors (Lipinski definition) is 1. The van der Waals surface area contributed by atoms with Crippen LogP contribution in [-0.4, -0.2) is 53.7 Å². The zero-order chi connectivity index (χ0) is 12.1. The van der Waals surface area contributed by atoms with Crippen LogP contribution in [0.15, 0.2) is 12.4 Å². The van der Waals surface area contributed by atoms with E-state index in [1.807, 2.05) is 6.20 Å². The molecule has 1 aliphatic rings. The van der Waals surface area contributed by atoms with E-state index in [0.717, 1.165) is 51.8 Å². The summed E-state index contributed by atoms with van der Waals surface area (Å²) in [6.07, 6.45) is 5.13. The minimum Gasteiger partial charge on any atom is -0.341 e. The van der Waals surface area contributed by atoms with E-state index < -0.39 is 0 Å². The van der Waals surface area contributed by atoms with Crippen molar-refractivity contribution in [3.05, 3.63) is 12.4 Å². The van der Waals surface area contributed by atoms with Crippen LogP contribution in [0.5, 0.6) is 0 Å². The van der Waals surface area contributed by atoms with Gasteiger partial charge in [-0.1, -0.05) is 0 Å². The first-order valence-electron chi connectivity index (χ1n) is 6.53. The topological polar surface area (TPSA) is 50.3 Å². The predicted octanol–water partition coefficient (Wildman–Crippen LogP) is 0.374. The minimum atomic E-state index is 0.754. The van der Waals surface area contributed by atoms with Gasteiger partial charge in [0, 0.05) is 51.7 Å². The van der Waals surface area contributed by atoms with Crippen LogP contribution in [0.1, 0.15) is 13.3 Å². The Morgan fingerprint density at radius 3 is 2.94 bits per heavy atom. The van der Waals surface area contributed by atoms with Crippen molar-refractivity contribution in [3.8, 4) is 0 Å². The predicted molar refractivity (Wildman–Crippen MR) is 70.2 cm³/mol. The average molecular weight is 237 g/mol. The first-order chi connectivity index (χ1) is 8.35. The first kappa shape index (κ1) is 12.4. The van der Waals surface area contributed by atoms with E-state index >= 15 is 0 Å². The number of aromatic nitrogens is 2. The number of anilines is 1. The van der Waals surface area contributed by atoms with Gasteiger partial charge in [0.2, 0.25) is 5.95 Å². The van der Waals surface area contributed by atoms with E-state index in [1.165, 1.54) is 6.42 Å². The molecule has 0 saturated carbocycles. The largest absolute Gasteiger partial charge is 0.341 e. The lowest BCUT2D eigenvalue weighted by Crippen LogP contribution is -2.34. The number of imidazole rings is 1. The fourth-order valence-electron chi connectivity index (χ4n) is 2.41. The molecule has 96 valence electrons. The van der Waals surface area contributed by atoms with E-state index in [9.17, 15) is 0 Å². The van der Waals surface area contributed by atoms with Crippen molar-refractivity contribution in [2.45, 2.75) is 19.9 Å². The van der Waals surface area contributed by atoms with Crippen molar-refractivity contribution in [2.24, 2.45) is 5.73 Å². The summed E-state index contributed by atoms with van der Waals surface area (Å²) in [5, 5.41) is 0. The van der Waals surface area contributed by atoms with Gasteiger partial charge in [-0.2, -0.15) is 0 Å². The maximum absolute atomic E-state index is 5.61. The van der Waals surface area contributed by atoms with Gasteiger partial charge in [-0.15, -0.1) is 0 Å². The molecule has 1 aliphatic heterocycles. The van der Waals surface area contributed by atoms with Crippen molar-refractivity contribution < 1.29 is 0 Å². The van der Waals surface area contributed by atoms with E-state index in [-0.39, 0.29) is 0 Å². The van der Waals surface area contributed by atoms with Crippen LogP contribution in [0.4, 0.5) is 5.95 Å². The summed E-state index contributed by atoms with van der Waals surface area (Å²) in [4.78, 5) is 9.30. The molecule has 2 N–H and O–H groups in total. The summed E-state index contributed by atoms with van der Waals surface area (Å²) in [6.45, 7) is 9.30. The number of rotatable bonds is 4. The Kier molecular flexibility index (Phi) is 4.39. The quantitative estimate of drug-likeness (QED) is 0.822. The van der Waals surface area contributed by atoms with Crippen LogP contribution >= 0.6 is 0 Å². The molecule has 1 aromatic rings. The van der Waals surface area contributed by atoms with Crippen LogP contribution in [-0.2, 0) is 6.54 Å². The molecule has 1 saturated heterocycles. The van der Waals surface area contributed by atoms with Gasteiger partial charge in [0.05, 0.1) is 0 Å². The maximum atomic E-state index is 5.61. The molecule has 0 atom stereocenters. The highest BCUT2D eigenvalue weighted by Gasteiger charge is 2.17. The van der Waals surface area contributed by atoms with E-state index in [1.54, 1.807) is 0 Å². The highest BCUT2D eigenvalue weighted by atomic mass is 15.3. The van der Waals surface area contributed by atoms with Crippen molar-refractivity contribution in [3.63, 3.8) is 0 Å². The lowest BCUT2D eigenvalue weighted by Gasteiger charge is -2.23. The van der Waals surface area contributed by atoms with E-state index in [2.05, 4.69) is 32.5 Å². The molecule has 5 heteroatoms. The molecular weight excluding hydrogens is 214 g/mol. The lowest BCUT2D eigenvalue weighted by molar-refractivity contribution is 0.302. The van der Waals surface area contributed by atoms with E-state index in [0.29, 0.717) is 0 Å². The van der Waals surface area contributed by atoms with Crippen molar-refractivity contribution in [1.29, 1.82) is 0 Å². The first-order valence-corrected chi connectivity index (χ1v) is 6.53. The Hall–Kier alpha value is -1.07. The molecule has 0 bridgehead atoms. The molecular formula is C12H23N5. The van der Waals surface area contributed by atoms with Gasteiger partial charge in [0.1, 0.15) is 0 Å². The number of nitrogens with two attached hydrogens (primary N) is 1. The number of nitrogens with zero attached hydrogens (tertiary/aromatic N) is 4. The van der Waals surface area contributed by atoms with Gasteiger partial charge >= 0.3 is 0 Å². The molecule has 5 nitrogen and oxygen atoms in total. The standard InChI is InChI=1S/C12H23N5/c1-2-16-9-5-14-12(16)17-7-3-6-15(8-4-13)10-11-17/h5,9H,2-4,6-8,10-11,13H2,1H3. The second-order valence-electron chi connectivity index (χ2n) is 4.48. The molecule has 0 spiro atoms. The van der Waals surface area contributed by atoms with Crippen LogP contribution in [0.2, 0.25) is 0 Å². The highest BCUT2D eigenvalue weighted by molar-refractivity contribution is 5.31. The Labute approximate surface area is 103 Å². The van der Waals surface area contributed by atoms with E-state index in [4.69, 9.17) is 5.73 Å². The SMILES string of the molecule is CCn1ccnc1N1CCCN(CCN)CC1. The molecule has 0 radical (unpaired) electrons.